The molecule has 1 aromatic carbocycles. The zero-order valence-electron chi connectivity index (χ0n) is 19.3. The number of aromatic nitrogens is 1. The predicted molar refractivity (Wildman–Crippen MR) is 129 cm³/mol. The maximum absolute atomic E-state index is 12.9. The van der Waals surface area contributed by atoms with Crippen LogP contribution in [0.15, 0.2) is 29.6 Å². The van der Waals surface area contributed by atoms with Crippen LogP contribution in [0.2, 0.25) is 0 Å². The standard InChI is InChI=1S/C24H32N4O4S/c1-3-4-5-6-13-25-21(29)14-18-16-33-24(26-18)27-22(30)15-28(19-9-10-19)23(31)17-7-11-20(32-2)12-8-17/h7-8,11-12,16,19H,3-6,9-10,13-15H2,1-2H3,(H,25,29)(H,26,27,30). The molecule has 0 atom stereocenters. The third kappa shape index (κ3) is 7.85. The summed E-state index contributed by atoms with van der Waals surface area (Å²) in [4.78, 5) is 43.6. The van der Waals surface area contributed by atoms with E-state index in [-0.39, 0.29) is 36.7 Å². The van der Waals surface area contributed by atoms with E-state index in [1.54, 1.807) is 41.7 Å². The molecule has 2 N–H and O–H groups in total. The number of unbranched alkanes of at least 4 members (excludes halogenated alkanes) is 3. The quantitative estimate of drug-likeness (QED) is 0.434. The zero-order chi connectivity index (χ0) is 23.6. The van der Waals surface area contributed by atoms with Crippen molar-refractivity contribution in [1.29, 1.82) is 0 Å². The Morgan fingerprint density at radius 1 is 1.12 bits per heavy atom. The Bertz CT molecular complexity index is 940. The van der Waals surface area contributed by atoms with Crippen molar-refractivity contribution in [3.05, 3.63) is 40.9 Å². The van der Waals surface area contributed by atoms with Crippen LogP contribution in [0.25, 0.3) is 0 Å². The Balaban J connectivity index is 1.48. The highest BCUT2D eigenvalue weighted by Crippen LogP contribution is 2.28. The summed E-state index contributed by atoms with van der Waals surface area (Å²) in [6.07, 6.45) is 6.40. The highest BCUT2D eigenvalue weighted by atomic mass is 32.1. The molecule has 1 aromatic heterocycles. The van der Waals surface area contributed by atoms with Crippen molar-refractivity contribution >= 4 is 34.2 Å². The normalized spacial score (nSPS) is 12.8. The Morgan fingerprint density at radius 2 is 1.88 bits per heavy atom. The summed E-state index contributed by atoms with van der Waals surface area (Å²) in [6.45, 7) is 2.79. The molecular formula is C24H32N4O4S. The van der Waals surface area contributed by atoms with Crippen molar-refractivity contribution in [1.82, 2.24) is 15.2 Å². The third-order valence-corrected chi connectivity index (χ3v) is 6.20. The van der Waals surface area contributed by atoms with E-state index >= 15 is 0 Å². The molecule has 1 heterocycles. The average Bonchev–Trinajstić information content (AvgIpc) is 3.57. The van der Waals surface area contributed by atoms with E-state index in [0.29, 0.717) is 28.7 Å². The summed E-state index contributed by atoms with van der Waals surface area (Å²) in [5.74, 6) is 0.127. The van der Waals surface area contributed by atoms with Crippen molar-refractivity contribution in [2.24, 2.45) is 0 Å². The molecule has 0 radical (unpaired) electrons. The lowest BCUT2D eigenvalue weighted by atomic mass is 10.2. The number of carbonyl (C=O) groups excluding carboxylic acids is 3. The number of carbonyl (C=O) groups is 3. The van der Waals surface area contributed by atoms with Crippen LogP contribution in [-0.4, -0.2) is 53.8 Å². The molecule has 33 heavy (non-hydrogen) atoms. The van der Waals surface area contributed by atoms with Crippen molar-refractivity contribution < 1.29 is 19.1 Å². The van der Waals surface area contributed by atoms with Crippen LogP contribution in [0.5, 0.6) is 5.75 Å². The Hall–Kier alpha value is -2.94. The Labute approximate surface area is 198 Å². The monoisotopic (exact) mass is 472 g/mol. The number of amides is 3. The molecule has 1 aliphatic rings. The number of ether oxygens (including phenoxy) is 1. The summed E-state index contributed by atoms with van der Waals surface area (Å²) in [7, 11) is 1.57. The summed E-state index contributed by atoms with van der Waals surface area (Å²) < 4.78 is 5.14. The van der Waals surface area contributed by atoms with Crippen LogP contribution in [0.1, 0.15) is 61.5 Å². The second-order valence-electron chi connectivity index (χ2n) is 8.17. The van der Waals surface area contributed by atoms with E-state index in [4.69, 9.17) is 4.74 Å². The number of hydrogen-bond acceptors (Lipinski definition) is 6. The lowest BCUT2D eigenvalue weighted by molar-refractivity contribution is -0.120. The fraction of sp³-hybridized carbons (Fsp3) is 0.500. The molecule has 3 amide bonds. The number of rotatable bonds is 13. The van der Waals surface area contributed by atoms with Crippen LogP contribution in [0, 0.1) is 0 Å². The molecule has 1 fully saturated rings. The third-order valence-electron chi connectivity index (χ3n) is 5.39. The number of hydrogen-bond donors (Lipinski definition) is 2. The van der Waals surface area contributed by atoms with Gasteiger partial charge < -0.3 is 20.3 Å². The highest BCUT2D eigenvalue weighted by Gasteiger charge is 2.34. The molecule has 0 saturated heterocycles. The zero-order valence-corrected chi connectivity index (χ0v) is 20.1. The SMILES string of the molecule is CCCCCCNC(=O)Cc1csc(NC(=O)CN(C(=O)c2ccc(OC)cc2)C2CC2)n1. The fourth-order valence-corrected chi connectivity index (χ4v) is 4.14. The molecule has 9 heteroatoms. The van der Waals surface area contributed by atoms with Crippen LogP contribution >= 0.6 is 11.3 Å². The first-order valence-electron chi connectivity index (χ1n) is 11.5. The van der Waals surface area contributed by atoms with Gasteiger partial charge in [0.1, 0.15) is 12.3 Å². The fourth-order valence-electron chi connectivity index (χ4n) is 3.42. The second kappa shape index (κ2) is 12.3. The molecule has 1 saturated carbocycles. The van der Waals surface area contributed by atoms with Crippen molar-refractivity contribution in [3.63, 3.8) is 0 Å². The summed E-state index contributed by atoms with van der Waals surface area (Å²) >= 11 is 1.27. The average molecular weight is 473 g/mol. The molecule has 0 unspecified atom stereocenters. The van der Waals surface area contributed by atoms with Gasteiger partial charge in [0.15, 0.2) is 5.13 Å². The summed E-state index contributed by atoms with van der Waals surface area (Å²) in [5, 5.41) is 7.87. The van der Waals surface area contributed by atoms with E-state index in [2.05, 4.69) is 22.5 Å². The van der Waals surface area contributed by atoms with Gasteiger partial charge in [-0.05, 0) is 43.5 Å². The van der Waals surface area contributed by atoms with Gasteiger partial charge in [0.25, 0.3) is 5.91 Å². The molecule has 0 aliphatic heterocycles. The Kier molecular flexibility index (Phi) is 9.24. The molecule has 0 bridgehead atoms. The summed E-state index contributed by atoms with van der Waals surface area (Å²) in [5.41, 5.74) is 1.14. The number of nitrogens with one attached hydrogen (secondary N) is 2. The minimum absolute atomic E-state index is 0.0390. The molecule has 2 aromatic rings. The molecule has 8 nitrogen and oxygen atoms in total. The van der Waals surface area contributed by atoms with Crippen molar-refractivity contribution in [2.45, 2.75) is 57.9 Å². The van der Waals surface area contributed by atoms with Gasteiger partial charge in [-0.3, -0.25) is 14.4 Å². The lowest BCUT2D eigenvalue weighted by Crippen LogP contribution is -2.39. The number of nitrogens with zero attached hydrogens (tertiary/aromatic N) is 2. The van der Waals surface area contributed by atoms with E-state index in [1.165, 1.54) is 17.8 Å². The van der Waals surface area contributed by atoms with Gasteiger partial charge in [0.2, 0.25) is 11.8 Å². The van der Waals surface area contributed by atoms with Gasteiger partial charge in [-0.25, -0.2) is 4.98 Å². The van der Waals surface area contributed by atoms with E-state index < -0.39 is 0 Å². The van der Waals surface area contributed by atoms with Gasteiger partial charge in [0.05, 0.1) is 19.2 Å². The van der Waals surface area contributed by atoms with Gasteiger partial charge >= 0.3 is 0 Å². The van der Waals surface area contributed by atoms with Crippen LogP contribution in [0.3, 0.4) is 0 Å². The predicted octanol–water partition coefficient (Wildman–Crippen LogP) is 3.63. The molecular weight excluding hydrogens is 440 g/mol. The highest BCUT2D eigenvalue weighted by molar-refractivity contribution is 7.13. The van der Waals surface area contributed by atoms with Crippen LogP contribution < -0.4 is 15.4 Å². The van der Waals surface area contributed by atoms with Gasteiger partial charge in [-0.2, -0.15) is 0 Å². The van der Waals surface area contributed by atoms with Crippen molar-refractivity contribution in [3.8, 4) is 5.75 Å². The minimum Gasteiger partial charge on any atom is -0.497 e. The second-order valence-corrected chi connectivity index (χ2v) is 9.03. The Morgan fingerprint density at radius 3 is 2.55 bits per heavy atom. The van der Waals surface area contributed by atoms with E-state index in [0.717, 1.165) is 32.1 Å². The topological polar surface area (TPSA) is 101 Å². The number of methoxy groups -OCH3 is 1. The van der Waals surface area contributed by atoms with Gasteiger partial charge in [-0.15, -0.1) is 11.3 Å². The van der Waals surface area contributed by atoms with Crippen molar-refractivity contribution in [2.75, 3.05) is 25.5 Å². The van der Waals surface area contributed by atoms with Crippen LogP contribution in [0.4, 0.5) is 5.13 Å². The molecule has 0 spiro atoms. The maximum atomic E-state index is 12.9. The first kappa shape index (κ1) is 24.7. The van der Waals surface area contributed by atoms with Gasteiger partial charge in [0, 0.05) is 23.5 Å². The number of anilines is 1. The van der Waals surface area contributed by atoms with E-state index in [9.17, 15) is 14.4 Å². The maximum Gasteiger partial charge on any atom is 0.254 e. The molecule has 178 valence electrons. The van der Waals surface area contributed by atoms with E-state index in [1.807, 2.05) is 0 Å². The van der Waals surface area contributed by atoms with Gasteiger partial charge in [-0.1, -0.05) is 26.2 Å². The van der Waals surface area contributed by atoms with Crippen LogP contribution in [-0.2, 0) is 16.0 Å². The summed E-state index contributed by atoms with van der Waals surface area (Å²) in [6, 6.07) is 6.96. The largest absolute Gasteiger partial charge is 0.497 e. The number of thiazole rings is 1. The first-order chi connectivity index (χ1) is 16.0. The number of benzene rings is 1. The lowest BCUT2D eigenvalue weighted by Gasteiger charge is -2.21. The minimum atomic E-state index is -0.301. The smallest absolute Gasteiger partial charge is 0.254 e. The molecule has 3 rings (SSSR count). The molecule has 1 aliphatic carbocycles. The first-order valence-corrected chi connectivity index (χ1v) is 12.3.